The van der Waals surface area contributed by atoms with Gasteiger partial charge in [0.2, 0.25) is 6.29 Å². The second kappa shape index (κ2) is 7.82. The van der Waals surface area contributed by atoms with Gasteiger partial charge in [0.1, 0.15) is 30.2 Å². The number of Topliss-reactive ketones (excluding diaryl/α,β-unsaturated/α-hetero) is 1. The van der Waals surface area contributed by atoms with E-state index >= 15 is 0 Å². The lowest BCUT2D eigenvalue weighted by atomic mass is 9.83. The molecule has 0 bridgehead atoms. The summed E-state index contributed by atoms with van der Waals surface area (Å²) in [7, 11) is 1.21. The van der Waals surface area contributed by atoms with Gasteiger partial charge in [0.25, 0.3) is 0 Å². The zero-order valence-corrected chi connectivity index (χ0v) is 14.9. The molecule has 1 saturated carbocycles. The van der Waals surface area contributed by atoms with Gasteiger partial charge in [-0.05, 0) is 5.92 Å². The standard InChI is InChI=1S/C17H24O10/c1-6-3-8(19)11-7(15(23)24-2)5-25-16(10(6)11)27-17-14(22)13(21)12(20)9(4-18)26-17/h5-6,9-14,16-18,20-22H,3-4H2,1-2H3/t6-,9-,10+,11+,12-,13+,14-,16-,17+/m0/s1. The third-order valence-corrected chi connectivity index (χ3v) is 5.43. The van der Waals surface area contributed by atoms with E-state index in [1.165, 1.54) is 7.11 Å². The van der Waals surface area contributed by atoms with E-state index in [0.717, 1.165) is 6.26 Å². The molecule has 3 aliphatic rings. The lowest BCUT2D eigenvalue weighted by Crippen LogP contribution is -2.60. The Morgan fingerprint density at radius 2 is 1.93 bits per heavy atom. The highest BCUT2D eigenvalue weighted by atomic mass is 16.8. The molecule has 0 radical (unpaired) electrons. The van der Waals surface area contributed by atoms with Crippen LogP contribution in [0.5, 0.6) is 0 Å². The van der Waals surface area contributed by atoms with Gasteiger partial charge in [0.05, 0.1) is 31.5 Å². The first-order chi connectivity index (χ1) is 12.8. The predicted molar refractivity (Wildman–Crippen MR) is 85.6 cm³/mol. The van der Waals surface area contributed by atoms with Gasteiger partial charge < -0.3 is 39.4 Å². The van der Waals surface area contributed by atoms with E-state index < -0.39 is 61.4 Å². The molecular formula is C17H24O10. The highest BCUT2D eigenvalue weighted by Gasteiger charge is 2.54. The SMILES string of the molecule is COC(=O)C1=CO[C@@H](O[C@H]2O[C@@H](CO)[C@H](O)[C@@H](O)[C@@H]2O)[C@H]2[C@H]1C(=O)C[C@@H]2C. The van der Waals surface area contributed by atoms with Gasteiger partial charge >= 0.3 is 5.97 Å². The van der Waals surface area contributed by atoms with Crippen molar-refractivity contribution in [2.24, 2.45) is 17.8 Å². The molecule has 0 aromatic rings. The molecule has 9 atom stereocenters. The van der Waals surface area contributed by atoms with Crippen LogP contribution in [0.2, 0.25) is 0 Å². The van der Waals surface area contributed by atoms with Gasteiger partial charge in [0.15, 0.2) is 6.29 Å². The summed E-state index contributed by atoms with van der Waals surface area (Å²) in [6, 6.07) is 0. The average molecular weight is 388 g/mol. The third kappa shape index (κ3) is 3.48. The third-order valence-electron chi connectivity index (χ3n) is 5.43. The molecule has 10 nitrogen and oxygen atoms in total. The molecule has 3 rings (SSSR count). The van der Waals surface area contributed by atoms with Crippen LogP contribution in [-0.2, 0) is 28.5 Å². The van der Waals surface area contributed by atoms with Crippen LogP contribution in [0.3, 0.4) is 0 Å². The van der Waals surface area contributed by atoms with Crippen molar-refractivity contribution in [1.29, 1.82) is 0 Å². The summed E-state index contributed by atoms with van der Waals surface area (Å²) in [5.41, 5.74) is 0.102. The maximum Gasteiger partial charge on any atom is 0.337 e. The summed E-state index contributed by atoms with van der Waals surface area (Å²) in [6.45, 7) is 1.22. The Bertz CT molecular complexity index is 617. The number of ketones is 1. The van der Waals surface area contributed by atoms with Gasteiger partial charge in [0, 0.05) is 12.3 Å². The minimum absolute atomic E-state index is 0.102. The summed E-state index contributed by atoms with van der Waals surface area (Å²) < 4.78 is 21.2. The normalized spacial score (nSPS) is 44.3. The van der Waals surface area contributed by atoms with Gasteiger partial charge in [-0.1, -0.05) is 6.92 Å². The molecule has 27 heavy (non-hydrogen) atoms. The minimum atomic E-state index is -1.59. The quantitative estimate of drug-likeness (QED) is 0.400. The van der Waals surface area contributed by atoms with Crippen LogP contribution in [-0.4, -0.2) is 82.9 Å². The first kappa shape index (κ1) is 20.2. The summed E-state index contributed by atoms with van der Waals surface area (Å²) in [4.78, 5) is 24.4. The van der Waals surface area contributed by atoms with Crippen molar-refractivity contribution in [3.8, 4) is 0 Å². The Hall–Kier alpha value is -1.56. The van der Waals surface area contributed by atoms with Crippen LogP contribution < -0.4 is 0 Å². The van der Waals surface area contributed by atoms with E-state index in [2.05, 4.69) is 0 Å². The number of fused-ring (bicyclic) bond motifs is 1. The Kier molecular flexibility index (Phi) is 5.84. The molecule has 2 heterocycles. The lowest BCUT2D eigenvalue weighted by Gasteiger charge is -2.42. The number of methoxy groups -OCH3 is 1. The first-order valence-corrected chi connectivity index (χ1v) is 8.72. The molecular weight excluding hydrogens is 364 g/mol. The largest absolute Gasteiger partial charge is 0.472 e. The number of hydrogen-bond acceptors (Lipinski definition) is 10. The number of carbonyl (C=O) groups excluding carboxylic acids is 2. The topological polar surface area (TPSA) is 152 Å². The number of aliphatic hydroxyl groups is 4. The van der Waals surface area contributed by atoms with E-state index in [9.17, 15) is 30.0 Å². The number of esters is 1. The maximum absolute atomic E-state index is 12.4. The number of rotatable bonds is 4. The Balaban J connectivity index is 1.82. The fraction of sp³-hybridized carbons (Fsp3) is 0.765. The second-order valence-corrected chi connectivity index (χ2v) is 7.11. The number of carbonyl (C=O) groups is 2. The lowest BCUT2D eigenvalue weighted by molar-refractivity contribution is -0.342. The Labute approximate surface area is 155 Å². The van der Waals surface area contributed by atoms with Gasteiger partial charge in [-0.3, -0.25) is 4.79 Å². The minimum Gasteiger partial charge on any atom is -0.472 e. The molecule has 0 spiro atoms. The van der Waals surface area contributed by atoms with Gasteiger partial charge in [-0.2, -0.15) is 0 Å². The fourth-order valence-electron chi connectivity index (χ4n) is 3.96. The average Bonchev–Trinajstić information content (AvgIpc) is 2.96. The van der Waals surface area contributed by atoms with Crippen LogP contribution in [0.25, 0.3) is 0 Å². The van der Waals surface area contributed by atoms with Crippen molar-refractivity contribution < 1.29 is 49.0 Å². The smallest absolute Gasteiger partial charge is 0.337 e. The van der Waals surface area contributed by atoms with E-state index in [0.29, 0.717) is 0 Å². The van der Waals surface area contributed by atoms with Crippen LogP contribution in [0, 0.1) is 17.8 Å². The zero-order chi connectivity index (χ0) is 19.9. The molecule has 0 aromatic carbocycles. The molecule has 1 aliphatic carbocycles. The van der Waals surface area contributed by atoms with Crippen molar-refractivity contribution >= 4 is 11.8 Å². The van der Waals surface area contributed by atoms with E-state index in [1.54, 1.807) is 0 Å². The first-order valence-electron chi connectivity index (χ1n) is 8.72. The number of aliphatic hydroxyl groups excluding tert-OH is 4. The Morgan fingerprint density at radius 1 is 1.22 bits per heavy atom. The Morgan fingerprint density at radius 3 is 2.56 bits per heavy atom. The second-order valence-electron chi connectivity index (χ2n) is 7.11. The van der Waals surface area contributed by atoms with Crippen LogP contribution in [0.15, 0.2) is 11.8 Å². The van der Waals surface area contributed by atoms with E-state index in [-0.39, 0.29) is 23.7 Å². The van der Waals surface area contributed by atoms with Crippen LogP contribution in [0.4, 0.5) is 0 Å². The van der Waals surface area contributed by atoms with Crippen molar-refractivity contribution in [2.75, 3.05) is 13.7 Å². The van der Waals surface area contributed by atoms with E-state index in [4.69, 9.17) is 18.9 Å². The van der Waals surface area contributed by atoms with Crippen molar-refractivity contribution in [3.63, 3.8) is 0 Å². The molecule has 4 N–H and O–H groups in total. The molecule has 10 heteroatoms. The number of hydrogen-bond donors (Lipinski definition) is 4. The van der Waals surface area contributed by atoms with Crippen molar-refractivity contribution in [2.45, 2.75) is 50.3 Å². The summed E-state index contributed by atoms with van der Waals surface area (Å²) in [5.74, 6) is -2.28. The van der Waals surface area contributed by atoms with Crippen LogP contribution >= 0.6 is 0 Å². The van der Waals surface area contributed by atoms with E-state index in [1.807, 2.05) is 6.92 Å². The molecule has 2 fully saturated rings. The van der Waals surface area contributed by atoms with Crippen molar-refractivity contribution in [1.82, 2.24) is 0 Å². The van der Waals surface area contributed by atoms with Gasteiger partial charge in [-0.15, -0.1) is 0 Å². The molecule has 0 amide bonds. The summed E-state index contributed by atoms with van der Waals surface area (Å²) in [6.07, 6.45) is -6.93. The molecule has 152 valence electrons. The zero-order valence-electron chi connectivity index (χ0n) is 14.9. The maximum atomic E-state index is 12.4. The molecule has 0 unspecified atom stereocenters. The highest BCUT2D eigenvalue weighted by Crippen LogP contribution is 2.45. The van der Waals surface area contributed by atoms with Crippen molar-refractivity contribution in [3.05, 3.63) is 11.8 Å². The molecule has 2 aliphatic heterocycles. The van der Waals surface area contributed by atoms with Gasteiger partial charge in [-0.25, -0.2) is 4.79 Å². The predicted octanol–water partition coefficient (Wildman–Crippen LogP) is -1.94. The summed E-state index contributed by atoms with van der Waals surface area (Å²) in [5, 5.41) is 39.1. The molecule has 1 saturated heterocycles. The number of ether oxygens (including phenoxy) is 4. The monoisotopic (exact) mass is 388 g/mol. The highest BCUT2D eigenvalue weighted by molar-refractivity contribution is 5.99. The van der Waals surface area contributed by atoms with Crippen LogP contribution in [0.1, 0.15) is 13.3 Å². The summed E-state index contributed by atoms with van der Waals surface area (Å²) >= 11 is 0. The molecule has 0 aromatic heterocycles. The fourth-order valence-corrected chi connectivity index (χ4v) is 3.96.